The quantitative estimate of drug-likeness (QED) is 0.893. The van der Waals surface area contributed by atoms with E-state index >= 15 is 0 Å². The maximum atomic E-state index is 12.4. The van der Waals surface area contributed by atoms with Crippen LogP contribution in [0.3, 0.4) is 0 Å². The third kappa shape index (κ3) is 3.56. The van der Waals surface area contributed by atoms with Crippen molar-refractivity contribution in [2.24, 2.45) is 5.92 Å². The average molecular weight is 334 g/mol. The van der Waals surface area contributed by atoms with Crippen LogP contribution in [0.4, 0.5) is 5.82 Å². The Morgan fingerprint density at radius 3 is 2.83 bits per heavy atom. The van der Waals surface area contributed by atoms with Crippen molar-refractivity contribution in [3.8, 4) is 0 Å². The average Bonchev–Trinajstić information content (AvgIpc) is 3.17. The van der Waals surface area contributed by atoms with E-state index in [0.717, 1.165) is 23.4 Å². The van der Waals surface area contributed by atoms with E-state index < -0.39 is 6.10 Å². The molecule has 3 N–H and O–H groups in total. The van der Waals surface area contributed by atoms with Gasteiger partial charge in [0.2, 0.25) is 5.91 Å². The highest BCUT2D eigenvalue weighted by Gasteiger charge is 2.28. The van der Waals surface area contributed by atoms with Crippen LogP contribution in [-0.2, 0) is 11.3 Å². The molecule has 23 heavy (non-hydrogen) atoms. The molecule has 3 heterocycles. The highest BCUT2D eigenvalue weighted by Crippen LogP contribution is 2.32. The van der Waals surface area contributed by atoms with Gasteiger partial charge in [-0.05, 0) is 37.1 Å². The number of hydrogen-bond donors (Lipinski definition) is 2. The number of hydrogen-bond acceptors (Lipinski definition) is 5. The third-order valence-electron chi connectivity index (χ3n) is 4.39. The number of anilines is 1. The molecule has 1 fully saturated rings. The van der Waals surface area contributed by atoms with Crippen molar-refractivity contribution in [1.82, 2.24) is 14.7 Å². The van der Waals surface area contributed by atoms with E-state index in [2.05, 4.69) is 5.10 Å². The predicted octanol–water partition coefficient (Wildman–Crippen LogP) is 1.81. The first kappa shape index (κ1) is 16.0. The number of likely N-dealkylation sites (tertiary alicyclic amines) is 1. The lowest BCUT2D eigenvalue weighted by Crippen LogP contribution is -2.41. The minimum absolute atomic E-state index is 0.0314. The van der Waals surface area contributed by atoms with Crippen molar-refractivity contribution in [1.29, 1.82) is 0 Å². The summed E-state index contributed by atoms with van der Waals surface area (Å²) < 4.78 is 1.55. The summed E-state index contributed by atoms with van der Waals surface area (Å²) >= 11 is 1.58. The van der Waals surface area contributed by atoms with Gasteiger partial charge in [-0.15, -0.1) is 11.3 Å². The van der Waals surface area contributed by atoms with Gasteiger partial charge in [-0.1, -0.05) is 6.07 Å². The van der Waals surface area contributed by atoms with Crippen LogP contribution >= 0.6 is 11.3 Å². The van der Waals surface area contributed by atoms with Gasteiger partial charge < -0.3 is 15.7 Å². The van der Waals surface area contributed by atoms with Crippen LogP contribution in [0, 0.1) is 12.8 Å². The molecule has 7 heteroatoms. The number of piperidine rings is 1. The number of carbonyl (C=O) groups is 1. The Kier molecular flexibility index (Phi) is 4.68. The van der Waals surface area contributed by atoms with Gasteiger partial charge in [0.15, 0.2) is 0 Å². The Morgan fingerprint density at radius 1 is 1.52 bits per heavy atom. The molecule has 0 spiro atoms. The van der Waals surface area contributed by atoms with Gasteiger partial charge in [0.25, 0.3) is 0 Å². The van der Waals surface area contributed by atoms with Gasteiger partial charge >= 0.3 is 0 Å². The van der Waals surface area contributed by atoms with E-state index in [9.17, 15) is 9.90 Å². The number of nitrogens with zero attached hydrogens (tertiary/aromatic N) is 3. The maximum absolute atomic E-state index is 12.4. The Bertz CT molecular complexity index is 660. The molecule has 1 aliphatic rings. The first-order chi connectivity index (χ1) is 11.0. The molecule has 1 saturated heterocycles. The van der Waals surface area contributed by atoms with E-state index in [-0.39, 0.29) is 18.4 Å². The van der Waals surface area contributed by atoms with Crippen molar-refractivity contribution in [3.63, 3.8) is 0 Å². The van der Waals surface area contributed by atoms with Gasteiger partial charge in [-0.3, -0.25) is 4.79 Å². The molecule has 1 unspecified atom stereocenters. The Morgan fingerprint density at radius 2 is 2.26 bits per heavy atom. The number of carbonyl (C=O) groups excluding carboxylic acids is 1. The van der Waals surface area contributed by atoms with Crippen LogP contribution in [0.1, 0.15) is 29.5 Å². The number of aromatic nitrogens is 2. The lowest BCUT2D eigenvalue weighted by molar-refractivity contribution is -0.134. The zero-order valence-electron chi connectivity index (χ0n) is 13.2. The Labute approximate surface area is 139 Å². The number of aliphatic hydroxyl groups excluding tert-OH is 1. The number of aryl methyl sites for hydroxylation is 1. The molecule has 124 valence electrons. The Balaban J connectivity index is 1.54. The smallest absolute Gasteiger partial charge is 0.244 e. The molecule has 3 rings (SSSR count). The summed E-state index contributed by atoms with van der Waals surface area (Å²) in [5.41, 5.74) is 6.65. The minimum atomic E-state index is -0.420. The second-order valence-corrected chi connectivity index (χ2v) is 7.03. The fourth-order valence-electron chi connectivity index (χ4n) is 3.08. The molecular formula is C16H22N4O2S. The standard InChI is InChI=1S/C16H22N4O2S/c1-11-9-14(17)20(18-11)10-15(21)19-6-4-12(5-7-19)16(22)13-3-2-8-23-13/h2-3,8-9,12,16,22H,4-7,10,17H2,1H3. The number of rotatable bonds is 4. The molecule has 1 aliphatic heterocycles. The van der Waals surface area contributed by atoms with Crippen LogP contribution in [-0.4, -0.2) is 38.8 Å². The summed E-state index contributed by atoms with van der Waals surface area (Å²) in [7, 11) is 0. The molecule has 2 aromatic heterocycles. The number of nitrogens with two attached hydrogens (primary N) is 1. The van der Waals surface area contributed by atoms with Crippen molar-refractivity contribution >= 4 is 23.1 Å². The van der Waals surface area contributed by atoms with Crippen LogP contribution < -0.4 is 5.73 Å². The highest BCUT2D eigenvalue weighted by molar-refractivity contribution is 7.10. The lowest BCUT2D eigenvalue weighted by atomic mass is 9.90. The minimum Gasteiger partial charge on any atom is -0.387 e. The van der Waals surface area contributed by atoms with Crippen molar-refractivity contribution < 1.29 is 9.90 Å². The molecular weight excluding hydrogens is 312 g/mol. The van der Waals surface area contributed by atoms with Crippen molar-refractivity contribution in [2.45, 2.75) is 32.4 Å². The van der Waals surface area contributed by atoms with Crippen molar-refractivity contribution in [2.75, 3.05) is 18.8 Å². The van der Waals surface area contributed by atoms with E-state index in [1.807, 2.05) is 29.3 Å². The summed E-state index contributed by atoms with van der Waals surface area (Å²) in [6, 6.07) is 5.69. The largest absolute Gasteiger partial charge is 0.387 e. The molecule has 0 aromatic carbocycles. The molecule has 0 saturated carbocycles. The maximum Gasteiger partial charge on any atom is 0.244 e. The molecule has 0 aliphatic carbocycles. The van der Waals surface area contributed by atoms with Gasteiger partial charge in [-0.25, -0.2) is 4.68 Å². The molecule has 6 nitrogen and oxygen atoms in total. The molecule has 0 bridgehead atoms. The number of aliphatic hydroxyl groups is 1. The molecule has 1 amide bonds. The van der Waals surface area contributed by atoms with Crippen LogP contribution in [0.5, 0.6) is 0 Å². The highest BCUT2D eigenvalue weighted by atomic mass is 32.1. The summed E-state index contributed by atoms with van der Waals surface area (Å²) in [6.07, 6.45) is 1.22. The second kappa shape index (κ2) is 6.72. The first-order valence-corrected chi connectivity index (χ1v) is 8.71. The van der Waals surface area contributed by atoms with E-state index in [1.165, 1.54) is 0 Å². The van der Waals surface area contributed by atoms with Gasteiger partial charge in [0.05, 0.1) is 11.8 Å². The fourth-order valence-corrected chi connectivity index (χ4v) is 3.88. The zero-order valence-corrected chi connectivity index (χ0v) is 14.0. The second-order valence-electron chi connectivity index (χ2n) is 6.05. The summed E-state index contributed by atoms with van der Waals surface area (Å²) in [6.45, 7) is 3.38. The van der Waals surface area contributed by atoms with E-state index in [1.54, 1.807) is 22.1 Å². The number of thiophene rings is 1. The lowest BCUT2D eigenvalue weighted by Gasteiger charge is -2.34. The molecule has 1 atom stereocenters. The fraction of sp³-hybridized carbons (Fsp3) is 0.500. The van der Waals surface area contributed by atoms with Crippen LogP contribution in [0.25, 0.3) is 0 Å². The number of nitrogen functional groups attached to an aromatic ring is 1. The zero-order chi connectivity index (χ0) is 16.4. The van der Waals surface area contributed by atoms with Crippen LogP contribution in [0.2, 0.25) is 0 Å². The van der Waals surface area contributed by atoms with Crippen molar-refractivity contribution in [3.05, 3.63) is 34.2 Å². The topological polar surface area (TPSA) is 84.4 Å². The summed E-state index contributed by atoms with van der Waals surface area (Å²) in [5, 5.41) is 16.6. The Hall–Kier alpha value is -1.86. The SMILES string of the molecule is Cc1cc(N)n(CC(=O)N2CCC(C(O)c3cccs3)CC2)n1. The third-order valence-corrected chi connectivity index (χ3v) is 5.33. The van der Waals surface area contributed by atoms with Gasteiger partial charge in [-0.2, -0.15) is 5.10 Å². The van der Waals surface area contributed by atoms with Crippen LogP contribution in [0.15, 0.2) is 23.6 Å². The molecule has 2 aromatic rings. The van der Waals surface area contributed by atoms with Gasteiger partial charge in [0.1, 0.15) is 12.4 Å². The predicted molar refractivity (Wildman–Crippen MR) is 90.0 cm³/mol. The molecule has 0 radical (unpaired) electrons. The van der Waals surface area contributed by atoms with E-state index in [4.69, 9.17) is 5.73 Å². The number of amides is 1. The monoisotopic (exact) mass is 334 g/mol. The summed E-state index contributed by atoms with van der Waals surface area (Å²) in [5.74, 6) is 0.762. The van der Waals surface area contributed by atoms with E-state index in [0.29, 0.717) is 18.9 Å². The first-order valence-electron chi connectivity index (χ1n) is 7.84. The normalized spacial score (nSPS) is 17.4. The van der Waals surface area contributed by atoms with Gasteiger partial charge in [0, 0.05) is 24.0 Å². The summed E-state index contributed by atoms with van der Waals surface area (Å²) in [4.78, 5) is 15.2.